The average molecular weight is 258 g/mol. The highest BCUT2D eigenvalue weighted by Gasteiger charge is 2.16. The first-order chi connectivity index (χ1) is 9.11. The van der Waals surface area contributed by atoms with Gasteiger partial charge in [0.05, 0.1) is 6.04 Å². The number of aryl methyl sites for hydroxylation is 2. The van der Waals surface area contributed by atoms with Gasteiger partial charge < -0.3 is 5.32 Å². The molecule has 3 heteroatoms. The molecule has 0 aliphatic heterocycles. The predicted octanol–water partition coefficient (Wildman–Crippen LogP) is 3.54. The van der Waals surface area contributed by atoms with Crippen molar-refractivity contribution >= 4 is 0 Å². The largest absolute Gasteiger partial charge is 0.307 e. The summed E-state index contributed by atoms with van der Waals surface area (Å²) in [7, 11) is 0. The maximum absolute atomic E-state index is 13.5. The summed E-state index contributed by atoms with van der Waals surface area (Å²) < 4.78 is 13.5. The van der Waals surface area contributed by atoms with E-state index in [0.29, 0.717) is 0 Å². The zero-order valence-electron chi connectivity index (χ0n) is 11.6. The summed E-state index contributed by atoms with van der Waals surface area (Å²) in [4.78, 5) is 4.21. The normalized spacial score (nSPS) is 12.4. The summed E-state index contributed by atoms with van der Waals surface area (Å²) >= 11 is 0. The second-order valence-corrected chi connectivity index (χ2v) is 4.72. The van der Waals surface area contributed by atoms with E-state index in [1.165, 1.54) is 6.07 Å². The fraction of sp³-hybridized carbons (Fsp3) is 0.312. The Labute approximate surface area is 113 Å². The highest BCUT2D eigenvalue weighted by molar-refractivity contribution is 5.37. The Morgan fingerprint density at radius 2 is 2.00 bits per heavy atom. The first-order valence-corrected chi connectivity index (χ1v) is 6.53. The molecule has 1 aromatic carbocycles. The molecule has 2 nitrogen and oxygen atoms in total. The van der Waals surface area contributed by atoms with Gasteiger partial charge in [0, 0.05) is 11.9 Å². The maximum Gasteiger partial charge on any atom is 0.123 e. The molecule has 0 radical (unpaired) electrons. The van der Waals surface area contributed by atoms with Gasteiger partial charge in [0.25, 0.3) is 0 Å². The average Bonchev–Trinajstić information content (AvgIpc) is 2.39. The van der Waals surface area contributed by atoms with E-state index in [2.05, 4.69) is 17.2 Å². The molecule has 0 aliphatic carbocycles. The summed E-state index contributed by atoms with van der Waals surface area (Å²) in [5.74, 6) is -0.200. The number of pyridine rings is 1. The standard InChI is InChI=1S/C16H19FN2/c1-4-18-16(13-7-8-19-12(3)9-13)15-10-14(17)6-5-11(15)2/h5-10,16,18H,4H2,1-3H3. The third kappa shape index (κ3) is 3.18. The van der Waals surface area contributed by atoms with E-state index in [1.807, 2.05) is 32.0 Å². The first kappa shape index (κ1) is 13.7. The minimum absolute atomic E-state index is 0.00222. The third-order valence-corrected chi connectivity index (χ3v) is 3.21. The Bertz CT molecular complexity index is 566. The lowest BCUT2D eigenvalue weighted by Gasteiger charge is -2.21. The Morgan fingerprint density at radius 1 is 1.21 bits per heavy atom. The lowest BCUT2D eigenvalue weighted by molar-refractivity contribution is 0.600. The lowest BCUT2D eigenvalue weighted by atomic mass is 9.95. The van der Waals surface area contributed by atoms with Gasteiger partial charge in [-0.25, -0.2) is 4.39 Å². The van der Waals surface area contributed by atoms with Crippen LogP contribution in [0.2, 0.25) is 0 Å². The van der Waals surface area contributed by atoms with E-state index in [-0.39, 0.29) is 11.9 Å². The summed E-state index contributed by atoms with van der Waals surface area (Å²) in [6, 6.07) is 8.95. The molecule has 1 atom stereocenters. The van der Waals surface area contributed by atoms with Crippen molar-refractivity contribution in [1.82, 2.24) is 10.3 Å². The van der Waals surface area contributed by atoms with E-state index >= 15 is 0 Å². The quantitative estimate of drug-likeness (QED) is 0.907. The first-order valence-electron chi connectivity index (χ1n) is 6.53. The van der Waals surface area contributed by atoms with Gasteiger partial charge in [0.1, 0.15) is 5.82 Å². The molecule has 100 valence electrons. The van der Waals surface area contributed by atoms with Gasteiger partial charge in [-0.3, -0.25) is 4.98 Å². The number of hydrogen-bond acceptors (Lipinski definition) is 2. The fourth-order valence-electron chi connectivity index (χ4n) is 2.28. The summed E-state index contributed by atoms with van der Waals surface area (Å²) in [5.41, 5.74) is 4.15. The zero-order valence-corrected chi connectivity index (χ0v) is 11.6. The minimum Gasteiger partial charge on any atom is -0.307 e. The van der Waals surface area contributed by atoms with Crippen LogP contribution in [0.1, 0.15) is 35.3 Å². The van der Waals surface area contributed by atoms with Gasteiger partial charge in [-0.2, -0.15) is 0 Å². The van der Waals surface area contributed by atoms with Gasteiger partial charge >= 0.3 is 0 Å². The van der Waals surface area contributed by atoms with Crippen molar-refractivity contribution in [3.8, 4) is 0 Å². The van der Waals surface area contributed by atoms with Gasteiger partial charge in [-0.05, 0) is 61.3 Å². The highest BCUT2D eigenvalue weighted by atomic mass is 19.1. The van der Waals surface area contributed by atoms with Crippen LogP contribution >= 0.6 is 0 Å². The van der Waals surface area contributed by atoms with E-state index in [1.54, 1.807) is 12.3 Å². The second kappa shape index (κ2) is 5.93. The van der Waals surface area contributed by atoms with Crippen molar-refractivity contribution in [2.24, 2.45) is 0 Å². The number of hydrogen-bond donors (Lipinski definition) is 1. The Kier molecular flexibility index (Phi) is 4.27. The predicted molar refractivity (Wildman–Crippen MR) is 75.6 cm³/mol. The molecule has 1 heterocycles. The second-order valence-electron chi connectivity index (χ2n) is 4.72. The molecule has 0 bridgehead atoms. The number of rotatable bonds is 4. The van der Waals surface area contributed by atoms with Crippen molar-refractivity contribution < 1.29 is 4.39 Å². The van der Waals surface area contributed by atoms with E-state index in [9.17, 15) is 4.39 Å². The summed E-state index contributed by atoms with van der Waals surface area (Å²) in [5, 5.41) is 3.42. The Balaban J connectivity index is 2.48. The van der Waals surface area contributed by atoms with Gasteiger partial charge in [-0.15, -0.1) is 0 Å². The molecule has 0 spiro atoms. The van der Waals surface area contributed by atoms with Gasteiger partial charge in [-0.1, -0.05) is 13.0 Å². The molecule has 1 aromatic heterocycles. The van der Waals surface area contributed by atoms with Gasteiger partial charge in [0.15, 0.2) is 0 Å². The molecule has 2 rings (SSSR count). The summed E-state index contributed by atoms with van der Waals surface area (Å²) in [6.07, 6.45) is 1.80. The number of halogens is 1. The van der Waals surface area contributed by atoms with Crippen molar-refractivity contribution in [3.05, 3.63) is 64.7 Å². The van der Waals surface area contributed by atoms with E-state index in [4.69, 9.17) is 0 Å². The molecule has 1 N–H and O–H groups in total. The van der Waals surface area contributed by atoms with Crippen LogP contribution < -0.4 is 5.32 Å². The number of benzene rings is 1. The molecule has 2 aromatic rings. The zero-order chi connectivity index (χ0) is 13.8. The molecule has 0 aliphatic rings. The van der Waals surface area contributed by atoms with Crippen LogP contribution in [-0.4, -0.2) is 11.5 Å². The molecule has 0 fully saturated rings. The monoisotopic (exact) mass is 258 g/mol. The van der Waals surface area contributed by atoms with Crippen LogP contribution in [-0.2, 0) is 0 Å². The van der Waals surface area contributed by atoms with Crippen molar-refractivity contribution in [1.29, 1.82) is 0 Å². The highest BCUT2D eigenvalue weighted by Crippen LogP contribution is 2.25. The maximum atomic E-state index is 13.5. The number of aromatic nitrogens is 1. The SMILES string of the molecule is CCNC(c1ccnc(C)c1)c1cc(F)ccc1C. The van der Waals surface area contributed by atoms with Crippen LogP contribution in [0.5, 0.6) is 0 Å². The Hall–Kier alpha value is -1.74. The molecule has 0 saturated carbocycles. The van der Waals surface area contributed by atoms with Crippen LogP contribution in [0.15, 0.2) is 36.5 Å². The van der Waals surface area contributed by atoms with Crippen LogP contribution in [0.25, 0.3) is 0 Å². The minimum atomic E-state index is -0.200. The molecular formula is C16H19FN2. The lowest BCUT2D eigenvalue weighted by Crippen LogP contribution is -2.23. The van der Waals surface area contributed by atoms with Crippen molar-refractivity contribution in [2.45, 2.75) is 26.8 Å². The number of nitrogens with one attached hydrogen (secondary N) is 1. The van der Waals surface area contributed by atoms with E-state index < -0.39 is 0 Å². The van der Waals surface area contributed by atoms with Crippen molar-refractivity contribution in [3.63, 3.8) is 0 Å². The summed E-state index contributed by atoms with van der Waals surface area (Å²) in [6.45, 7) is 6.84. The van der Waals surface area contributed by atoms with Gasteiger partial charge in [0.2, 0.25) is 0 Å². The smallest absolute Gasteiger partial charge is 0.123 e. The fourth-order valence-corrected chi connectivity index (χ4v) is 2.28. The molecular weight excluding hydrogens is 239 g/mol. The van der Waals surface area contributed by atoms with Crippen LogP contribution in [0, 0.1) is 19.7 Å². The van der Waals surface area contributed by atoms with Crippen molar-refractivity contribution in [2.75, 3.05) is 6.54 Å². The van der Waals surface area contributed by atoms with Crippen LogP contribution in [0.4, 0.5) is 4.39 Å². The Morgan fingerprint density at radius 3 is 2.68 bits per heavy atom. The molecule has 19 heavy (non-hydrogen) atoms. The molecule has 0 saturated heterocycles. The third-order valence-electron chi connectivity index (χ3n) is 3.21. The topological polar surface area (TPSA) is 24.9 Å². The molecule has 0 amide bonds. The molecule has 1 unspecified atom stereocenters. The van der Waals surface area contributed by atoms with E-state index in [0.717, 1.165) is 28.9 Å². The van der Waals surface area contributed by atoms with Crippen LogP contribution in [0.3, 0.4) is 0 Å². The number of nitrogens with zero attached hydrogens (tertiary/aromatic N) is 1.